The molecule has 0 saturated carbocycles. The van der Waals surface area contributed by atoms with E-state index in [9.17, 15) is 25.9 Å². The van der Waals surface area contributed by atoms with Crippen LogP contribution < -0.4 is 0 Å². The monoisotopic (exact) mass is 340 g/mol. The van der Waals surface area contributed by atoms with Gasteiger partial charge in [-0.2, -0.15) is 21.5 Å². The summed E-state index contributed by atoms with van der Waals surface area (Å²) in [7, 11) is -9.84. The van der Waals surface area contributed by atoms with Crippen LogP contribution in [0.4, 0.5) is 13.3 Å². The highest BCUT2D eigenvalue weighted by Gasteiger charge is 2.31. The van der Waals surface area contributed by atoms with Gasteiger partial charge in [-0.15, -0.1) is 0 Å². The number of rotatable bonds is 10. The van der Waals surface area contributed by atoms with Gasteiger partial charge in [-0.05, 0) is 17.4 Å². The number of nitrogens with zero attached hydrogens (tertiary/aromatic N) is 2. The molecule has 0 amide bonds. The number of alkyl halides is 2. The first-order valence-corrected chi connectivity index (χ1v) is 8.99. The topological polar surface area (TPSA) is 76.0 Å². The van der Waals surface area contributed by atoms with E-state index in [0.717, 1.165) is 4.31 Å². The first kappa shape index (κ1) is 19.6. The van der Waals surface area contributed by atoms with Crippen molar-refractivity contribution in [3.05, 3.63) is 0 Å². The zero-order chi connectivity index (χ0) is 15.8. The third-order valence-electron chi connectivity index (χ3n) is 2.36. The molecule has 0 aromatic carbocycles. The Morgan fingerprint density at radius 2 is 1.55 bits per heavy atom. The van der Waals surface area contributed by atoms with E-state index in [1.807, 2.05) is 13.8 Å². The summed E-state index contributed by atoms with van der Waals surface area (Å²) in [5, 5.41) is 0. The fraction of sp³-hybridized carbons (Fsp3) is 1.00. The van der Waals surface area contributed by atoms with Crippen LogP contribution in [0.15, 0.2) is 3.77 Å². The molecule has 0 spiro atoms. The van der Waals surface area contributed by atoms with E-state index < -0.39 is 26.0 Å². The van der Waals surface area contributed by atoms with Crippen LogP contribution in [0.1, 0.15) is 39.5 Å². The lowest BCUT2D eigenvalue weighted by atomic mass is 10.3. The van der Waals surface area contributed by atoms with Crippen molar-refractivity contribution >= 4 is 20.2 Å². The van der Waals surface area contributed by atoms with Gasteiger partial charge >= 0.3 is 16.0 Å². The van der Waals surface area contributed by atoms with Gasteiger partial charge in [-0.1, -0.05) is 34.8 Å². The maximum Gasteiger partial charge on any atom is 0.346 e. The molecule has 0 rings (SSSR count). The summed E-state index contributed by atoms with van der Waals surface area (Å²) in [6.07, 6.45) is 2.29. The van der Waals surface area contributed by atoms with Gasteiger partial charge < -0.3 is 0 Å². The van der Waals surface area contributed by atoms with Crippen LogP contribution in [-0.4, -0.2) is 35.8 Å². The molecule has 0 aliphatic carbocycles. The van der Waals surface area contributed by atoms with Crippen LogP contribution in [0, 0.1) is 0 Å². The molecule has 122 valence electrons. The van der Waals surface area contributed by atoms with Crippen molar-refractivity contribution in [2.24, 2.45) is 3.77 Å². The first-order chi connectivity index (χ1) is 9.23. The van der Waals surface area contributed by atoms with Crippen LogP contribution in [-0.2, 0) is 24.6 Å². The lowest BCUT2D eigenvalue weighted by Crippen LogP contribution is -2.32. The van der Waals surface area contributed by atoms with Gasteiger partial charge in [0, 0.05) is 13.1 Å². The summed E-state index contributed by atoms with van der Waals surface area (Å²) >= 11 is 0. The highest BCUT2D eigenvalue weighted by molar-refractivity contribution is 8.00. The summed E-state index contributed by atoms with van der Waals surface area (Å²) in [5.41, 5.74) is 0. The summed E-state index contributed by atoms with van der Waals surface area (Å²) < 4.78 is 77.4. The van der Waals surface area contributed by atoms with E-state index in [-0.39, 0.29) is 13.1 Å². The summed E-state index contributed by atoms with van der Waals surface area (Å²) in [5.74, 6) is -3.86. The second-order valence-corrected chi connectivity index (χ2v) is 7.52. The summed E-state index contributed by atoms with van der Waals surface area (Å²) in [6, 6.07) is 0. The Morgan fingerprint density at radius 1 is 1.10 bits per heavy atom. The molecule has 20 heavy (non-hydrogen) atoms. The largest absolute Gasteiger partial charge is 0.346 e. The van der Waals surface area contributed by atoms with E-state index in [1.165, 1.54) is 0 Å². The smallest absolute Gasteiger partial charge is 0.211 e. The molecular weight excluding hydrogens is 321 g/mol. The normalized spacial score (nSPS) is 15.6. The summed E-state index contributed by atoms with van der Waals surface area (Å²) in [6.45, 7) is 3.70. The molecule has 0 aromatic heterocycles. The van der Waals surface area contributed by atoms with Crippen molar-refractivity contribution in [2.45, 2.75) is 45.3 Å². The standard InChI is InChI=1S/C9H19F3N2O4S2/c1-3-5-7-14(8-6-4-2)20(16,17)13-19(15,18-12)9(10)11/h9H,3-8H2,1-2H3. The van der Waals surface area contributed by atoms with E-state index in [0.29, 0.717) is 25.7 Å². The van der Waals surface area contributed by atoms with Crippen molar-refractivity contribution in [1.82, 2.24) is 4.31 Å². The van der Waals surface area contributed by atoms with Gasteiger partial charge in [0.05, 0.1) is 0 Å². The Hall–Kier alpha value is -0.390. The van der Waals surface area contributed by atoms with E-state index in [1.54, 1.807) is 0 Å². The van der Waals surface area contributed by atoms with Gasteiger partial charge in [0.15, 0.2) is 0 Å². The van der Waals surface area contributed by atoms with E-state index in [4.69, 9.17) is 0 Å². The quantitative estimate of drug-likeness (QED) is 0.612. The second-order valence-electron chi connectivity index (χ2n) is 4.00. The SMILES string of the molecule is CCCCN(CCCC)S(=O)(=O)N=S(=O)(OF)C(F)F. The molecule has 6 nitrogen and oxygen atoms in total. The summed E-state index contributed by atoms with van der Waals surface area (Å²) in [4.78, 5) is 0. The molecule has 0 aromatic rings. The Labute approximate surface area is 117 Å². The minimum atomic E-state index is -5.20. The maximum absolute atomic E-state index is 12.4. The molecule has 0 radical (unpaired) electrons. The van der Waals surface area contributed by atoms with Gasteiger partial charge in [0.1, 0.15) is 0 Å². The Kier molecular flexibility index (Phi) is 8.63. The molecule has 0 saturated heterocycles. The molecule has 1 atom stereocenters. The average molecular weight is 340 g/mol. The van der Waals surface area contributed by atoms with Crippen LogP contribution in [0.25, 0.3) is 0 Å². The third kappa shape index (κ3) is 5.94. The van der Waals surface area contributed by atoms with Gasteiger partial charge in [0.2, 0.25) is 0 Å². The van der Waals surface area contributed by atoms with Crippen molar-refractivity contribution in [3.8, 4) is 0 Å². The second kappa shape index (κ2) is 8.80. The maximum atomic E-state index is 12.4. The lowest BCUT2D eigenvalue weighted by Gasteiger charge is -2.19. The lowest BCUT2D eigenvalue weighted by molar-refractivity contribution is -0.000817. The predicted molar refractivity (Wildman–Crippen MR) is 69.1 cm³/mol. The number of unbranched alkanes of at least 4 members (excludes halogenated alkanes) is 2. The highest BCUT2D eigenvalue weighted by Crippen LogP contribution is 2.17. The molecule has 0 aliphatic heterocycles. The zero-order valence-electron chi connectivity index (χ0n) is 11.3. The van der Waals surface area contributed by atoms with E-state index in [2.05, 4.69) is 8.16 Å². The van der Waals surface area contributed by atoms with Crippen molar-refractivity contribution < 1.29 is 30.3 Å². The van der Waals surface area contributed by atoms with Crippen LogP contribution in [0.5, 0.6) is 0 Å². The van der Waals surface area contributed by atoms with Crippen LogP contribution in [0.3, 0.4) is 0 Å². The molecular formula is C9H19F3N2O4S2. The molecule has 0 N–H and O–H groups in total. The minimum Gasteiger partial charge on any atom is -0.211 e. The molecule has 0 bridgehead atoms. The molecule has 0 aliphatic rings. The fourth-order valence-corrected chi connectivity index (χ4v) is 3.82. The minimum absolute atomic E-state index is 0.0351. The van der Waals surface area contributed by atoms with Crippen molar-refractivity contribution in [2.75, 3.05) is 13.1 Å². The molecule has 0 heterocycles. The van der Waals surface area contributed by atoms with Crippen LogP contribution >= 0.6 is 0 Å². The zero-order valence-corrected chi connectivity index (χ0v) is 12.9. The van der Waals surface area contributed by atoms with E-state index >= 15 is 0 Å². The first-order valence-electron chi connectivity index (χ1n) is 6.09. The Morgan fingerprint density at radius 3 is 1.85 bits per heavy atom. The predicted octanol–water partition coefficient (Wildman–Crippen LogP) is 2.64. The molecule has 11 heteroatoms. The average Bonchev–Trinajstić information content (AvgIpc) is 2.37. The van der Waals surface area contributed by atoms with Gasteiger partial charge in [-0.25, -0.2) is 4.21 Å². The number of hydrogen-bond acceptors (Lipinski definition) is 4. The fourth-order valence-electron chi connectivity index (χ4n) is 1.26. The van der Waals surface area contributed by atoms with Crippen molar-refractivity contribution in [3.63, 3.8) is 0 Å². The third-order valence-corrected chi connectivity index (χ3v) is 5.60. The highest BCUT2D eigenvalue weighted by atomic mass is 32.3. The molecule has 0 fully saturated rings. The Balaban J connectivity index is 5.41. The van der Waals surface area contributed by atoms with Crippen LogP contribution in [0.2, 0.25) is 0 Å². The Bertz CT molecular complexity index is 481. The number of hydrogen-bond donors (Lipinski definition) is 0. The van der Waals surface area contributed by atoms with Gasteiger partial charge in [0.25, 0.3) is 10.0 Å². The number of halogens is 3. The molecule has 1 unspecified atom stereocenters. The van der Waals surface area contributed by atoms with Gasteiger partial charge in [-0.3, -0.25) is 0 Å². The van der Waals surface area contributed by atoms with Crippen molar-refractivity contribution in [1.29, 1.82) is 0 Å².